The second-order valence-electron chi connectivity index (χ2n) is 2.84. The van der Waals surface area contributed by atoms with Gasteiger partial charge in [-0.1, -0.05) is 0 Å². The minimum Gasteiger partial charge on any atom is -0.265 e. The summed E-state index contributed by atoms with van der Waals surface area (Å²) in [7, 11) is 0. The Morgan fingerprint density at radius 2 is 1.91 bits per heavy atom. The first kappa shape index (κ1) is 8.17. The van der Waals surface area contributed by atoms with Gasteiger partial charge in [-0.25, -0.2) is 4.89 Å². The first-order chi connectivity index (χ1) is 5.17. The topological polar surface area (TPSA) is 42.4 Å². The first-order valence-corrected chi connectivity index (χ1v) is 3.40. The molecule has 0 aliphatic rings. The standard InChI is InChI=1S/C8H11NO2/c1-8(2,11-10)7-3-5-9-6-4-7/h3-6,10H,1-2H3. The molecule has 0 amide bonds. The molecule has 3 nitrogen and oxygen atoms in total. The zero-order chi connectivity index (χ0) is 8.32. The molecule has 0 aliphatic heterocycles. The lowest BCUT2D eigenvalue weighted by atomic mass is 10.0. The van der Waals surface area contributed by atoms with Crippen LogP contribution in [0.3, 0.4) is 0 Å². The van der Waals surface area contributed by atoms with Crippen molar-refractivity contribution in [2.45, 2.75) is 19.4 Å². The number of aromatic nitrogens is 1. The van der Waals surface area contributed by atoms with E-state index < -0.39 is 5.60 Å². The van der Waals surface area contributed by atoms with Crippen LogP contribution in [-0.4, -0.2) is 10.2 Å². The quantitative estimate of drug-likeness (QED) is 0.520. The van der Waals surface area contributed by atoms with Gasteiger partial charge in [0.25, 0.3) is 0 Å². The van der Waals surface area contributed by atoms with E-state index >= 15 is 0 Å². The number of hydrogen-bond acceptors (Lipinski definition) is 3. The Morgan fingerprint density at radius 1 is 1.36 bits per heavy atom. The van der Waals surface area contributed by atoms with Crippen molar-refractivity contribution >= 4 is 0 Å². The van der Waals surface area contributed by atoms with E-state index in [1.807, 2.05) is 0 Å². The molecule has 0 fully saturated rings. The van der Waals surface area contributed by atoms with E-state index in [4.69, 9.17) is 5.26 Å². The lowest BCUT2D eigenvalue weighted by molar-refractivity contribution is -0.318. The van der Waals surface area contributed by atoms with E-state index in [0.717, 1.165) is 5.56 Å². The van der Waals surface area contributed by atoms with Crippen molar-refractivity contribution in [1.82, 2.24) is 4.98 Å². The molecule has 3 heteroatoms. The third-order valence-electron chi connectivity index (χ3n) is 1.60. The molecule has 0 radical (unpaired) electrons. The average Bonchev–Trinajstić information content (AvgIpc) is 2.06. The van der Waals surface area contributed by atoms with Crippen LogP contribution in [0.5, 0.6) is 0 Å². The molecule has 1 aromatic heterocycles. The summed E-state index contributed by atoms with van der Waals surface area (Å²) in [6.07, 6.45) is 3.33. The van der Waals surface area contributed by atoms with Crippen LogP contribution in [0.1, 0.15) is 19.4 Å². The van der Waals surface area contributed by atoms with Gasteiger partial charge in [0.1, 0.15) is 5.60 Å². The van der Waals surface area contributed by atoms with Gasteiger partial charge in [0.05, 0.1) is 0 Å². The molecule has 0 aromatic carbocycles. The number of nitrogens with zero attached hydrogens (tertiary/aromatic N) is 1. The van der Waals surface area contributed by atoms with Crippen LogP contribution >= 0.6 is 0 Å². The van der Waals surface area contributed by atoms with Gasteiger partial charge in [-0.05, 0) is 31.5 Å². The number of hydrogen-bond donors (Lipinski definition) is 1. The monoisotopic (exact) mass is 153 g/mol. The van der Waals surface area contributed by atoms with Gasteiger partial charge in [0.15, 0.2) is 0 Å². The van der Waals surface area contributed by atoms with Crippen LogP contribution in [0.2, 0.25) is 0 Å². The van der Waals surface area contributed by atoms with Crippen LogP contribution in [-0.2, 0) is 10.5 Å². The normalized spacial score (nSPS) is 11.5. The Kier molecular flexibility index (Phi) is 2.22. The van der Waals surface area contributed by atoms with Crippen molar-refractivity contribution < 1.29 is 10.1 Å². The van der Waals surface area contributed by atoms with Gasteiger partial charge < -0.3 is 0 Å². The fraction of sp³-hybridized carbons (Fsp3) is 0.375. The molecule has 1 N–H and O–H groups in total. The van der Waals surface area contributed by atoms with E-state index in [0.29, 0.717) is 0 Å². The summed E-state index contributed by atoms with van der Waals surface area (Å²) >= 11 is 0. The van der Waals surface area contributed by atoms with Crippen LogP contribution in [0.4, 0.5) is 0 Å². The second kappa shape index (κ2) is 2.98. The largest absolute Gasteiger partial charge is 0.265 e. The molecule has 0 saturated heterocycles. The average molecular weight is 153 g/mol. The fourth-order valence-electron chi connectivity index (χ4n) is 0.806. The molecule has 0 saturated carbocycles. The lowest BCUT2D eigenvalue weighted by Crippen LogP contribution is -2.19. The third-order valence-corrected chi connectivity index (χ3v) is 1.60. The van der Waals surface area contributed by atoms with Gasteiger partial charge >= 0.3 is 0 Å². The van der Waals surface area contributed by atoms with Gasteiger partial charge in [0.2, 0.25) is 0 Å². The molecule has 11 heavy (non-hydrogen) atoms. The highest BCUT2D eigenvalue weighted by molar-refractivity contribution is 5.16. The van der Waals surface area contributed by atoms with Crippen molar-refractivity contribution in [2.24, 2.45) is 0 Å². The summed E-state index contributed by atoms with van der Waals surface area (Å²) in [6.45, 7) is 3.56. The van der Waals surface area contributed by atoms with E-state index in [1.165, 1.54) is 0 Å². The summed E-state index contributed by atoms with van der Waals surface area (Å²) in [5, 5.41) is 8.53. The van der Waals surface area contributed by atoms with Gasteiger partial charge in [-0.15, -0.1) is 0 Å². The van der Waals surface area contributed by atoms with Crippen molar-refractivity contribution in [2.75, 3.05) is 0 Å². The van der Waals surface area contributed by atoms with E-state index in [-0.39, 0.29) is 0 Å². The number of rotatable bonds is 2. The second-order valence-corrected chi connectivity index (χ2v) is 2.84. The molecule has 0 bridgehead atoms. The summed E-state index contributed by atoms with van der Waals surface area (Å²) < 4.78 is 0. The number of pyridine rings is 1. The Hall–Kier alpha value is -0.930. The zero-order valence-electron chi connectivity index (χ0n) is 6.61. The predicted molar refractivity (Wildman–Crippen MR) is 41.0 cm³/mol. The maximum atomic E-state index is 8.53. The van der Waals surface area contributed by atoms with Crippen molar-refractivity contribution in [3.05, 3.63) is 30.1 Å². The molecule has 1 aromatic rings. The Bertz CT molecular complexity index is 221. The Balaban J connectivity index is 2.93. The van der Waals surface area contributed by atoms with Crippen molar-refractivity contribution in [1.29, 1.82) is 0 Å². The zero-order valence-corrected chi connectivity index (χ0v) is 6.61. The minimum atomic E-state index is -0.650. The van der Waals surface area contributed by atoms with E-state index in [1.54, 1.807) is 38.4 Å². The minimum absolute atomic E-state index is 0.650. The van der Waals surface area contributed by atoms with Crippen LogP contribution in [0, 0.1) is 0 Å². The maximum Gasteiger partial charge on any atom is 0.123 e. The molecule has 1 rings (SSSR count). The predicted octanol–water partition coefficient (Wildman–Crippen LogP) is 1.81. The highest BCUT2D eigenvalue weighted by atomic mass is 17.1. The fourth-order valence-corrected chi connectivity index (χ4v) is 0.806. The SMILES string of the molecule is CC(C)(OO)c1ccncc1. The maximum absolute atomic E-state index is 8.53. The Morgan fingerprint density at radius 3 is 2.36 bits per heavy atom. The van der Waals surface area contributed by atoms with Crippen LogP contribution in [0.25, 0.3) is 0 Å². The molecule has 0 atom stereocenters. The van der Waals surface area contributed by atoms with Crippen molar-refractivity contribution in [3.8, 4) is 0 Å². The van der Waals surface area contributed by atoms with Gasteiger partial charge in [-0.3, -0.25) is 10.2 Å². The smallest absolute Gasteiger partial charge is 0.123 e. The third kappa shape index (κ3) is 1.76. The molecule has 0 aliphatic carbocycles. The van der Waals surface area contributed by atoms with Gasteiger partial charge in [-0.2, -0.15) is 0 Å². The first-order valence-electron chi connectivity index (χ1n) is 3.40. The summed E-state index contributed by atoms with van der Waals surface area (Å²) in [5.74, 6) is 0. The molecule has 1 heterocycles. The summed E-state index contributed by atoms with van der Waals surface area (Å²) in [4.78, 5) is 8.15. The highest BCUT2D eigenvalue weighted by Gasteiger charge is 2.20. The van der Waals surface area contributed by atoms with E-state index in [9.17, 15) is 0 Å². The van der Waals surface area contributed by atoms with Crippen LogP contribution in [0.15, 0.2) is 24.5 Å². The van der Waals surface area contributed by atoms with Gasteiger partial charge in [0, 0.05) is 12.4 Å². The van der Waals surface area contributed by atoms with Crippen LogP contribution < -0.4 is 0 Å². The summed E-state index contributed by atoms with van der Waals surface area (Å²) in [5.41, 5.74) is 0.248. The molecule has 0 unspecified atom stereocenters. The molecule has 0 spiro atoms. The van der Waals surface area contributed by atoms with E-state index in [2.05, 4.69) is 9.87 Å². The summed E-state index contributed by atoms with van der Waals surface area (Å²) in [6, 6.07) is 3.60. The molecule has 60 valence electrons. The Labute approximate surface area is 65.6 Å². The highest BCUT2D eigenvalue weighted by Crippen LogP contribution is 2.21. The van der Waals surface area contributed by atoms with Crippen molar-refractivity contribution in [3.63, 3.8) is 0 Å². The molecular formula is C8H11NO2. The lowest BCUT2D eigenvalue weighted by Gasteiger charge is -2.19. The molecular weight excluding hydrogens is 142 g/mol.